The zero-order valence-corrected chi connectivity index (χ0v) is 11.4. The fraction of sp³-hybridized carbons (Fsp3) is 0.867. The van der Waals surface area contributed by atoms with Gasteiger partial charge in [0.25, 0.3) is 0 Å². The Morgan fingerprint density at radius 1 is 1.00 bits per heavy atom. The molecular weight excluding hydrogens is 194 g/mol. The van der Waals surface area contributed by atoms with E-state index in [0.717, 1.165) is 12.8 Å². The summed E-state index contributed by atoms with van der Waals surface area (Å²) >= 11 is 0. The molecule has 1 heteroatoms. The first-order valence-corrected chi connectivity index (χ1v) is 7.06. The van der Waals surface area contributed by atoms with Gasteiger partial charge in [0, 0.05) is 6.04 Å². The minimum atomic E-state index is 0.396. The summed E-state index contributed by atoms with van der Waals surface area (Å²) < 4.78 is 0. The predicted octanol–water partition coefficient (Wildman–Crippen LogP) is 4.81. The largest absolute Gasteiger partial charge is 0.328 e. The second-order valence-electron chi connectivity index (χ2n) is 5.17. The second-order valence-corrected chi connectivity index (χ2v) is 5.17. The first kappa shape index (κ1) is 15.7. The first-order valence-electron chi connectivity index (χ1n) is 7.06. The summed E-state index contributed by atoms with van der Waals surface area (Å²) in [7, 11) is 0. The molecule has 0 aromatic carbocycles. The summed E-state index contributed by atoms with van der Waals surface area (Å²) in [4.78, 5) is 0. The molecule has 0 aliphatic carbocycles. The lowest BCUT2D eigenvalue weighted by Gasteiger charge is -2.10. The van der Waals surface area contributed by atoms with Gasteiger partial charge in [0.05, 0.1) is 0 Å². The summed E-state index contributed by atoms with van der Waals surface area (Å²) in [5.41, 5.74) is 7.30. The Bertz CT molecular complexity index is 163. The van der Waals surface area contributed by atoms with Crippen LogP contribution in [0.3, 0.4) is 0 Å². The topological polar surface area (TPSA) is 26.0 Å². The van der Waals surface area contributed by atoms with Crippen LogP contribution in [-0.2, 0) is 0 Å². The van der Waals surface area contributed by atoms with Crippen molar-refractivity contribution < 1.29 is 0 Å². The van der Waals surface area contributed by atoms with Gasteiger partial charge in [0.2, 0.25) is 0 Å². The van der Waals surface area contributed by atoms with Crippen LogP contribution in [0.5, 0.6) is 0 Å². The van der Waals surface area contributed by atoms with Crippen molar-refractivity contribution in [1.29, 1.82) is 0 Å². The highest BCUT2D eigenvalue weighted by molar-refractivity contribution is 4.88. The lowest BCUT2D eigenvalue weighted by Crippen LogP contribution is -2.19. The van der Waals surface area contributed by atoms with Gasteiger partial charge in [0.15, 0.2) is 0 Å². The predicted molar refractivity (Wildman–Crippen MR) is 74.6 cm³/mol. The molecule has 0 radical (unpaired) electrons. The quantitative estimate of drug-likeness (QED) is 0.396. The molecule has 0 spiro atoms. The molecule has 0 bridgehead atoms. The van der Waals surface area contributed by atoms with Gasteiger partial charge in [-0.2, -0.15) is 0 Å². The number of hydrogen-bond donors (Lipinski definition) is 1. The van der Waals surface area contributed by atoms with Crippen molar-refractivity contribution in [3.05, 3.63) is 12.2 Å². The average Bonchev–Trinajstić information content (AvgIpc) is 2.25. The van der Waals surface area contributed by atoms with E-state index < -0.39 is 0 Å². The van der Waals surface area contributed by atoms with E-state index in [1.54, 1.807) is 0 Å². The zero-order chi connectivity index (χ0) is 12.2. The van der Waals surface area contributed by atoms with Crippen LogP contribution in [0.25, 0.3) is 0 Å². The van der Waals surface area contributed by atoms with Crippen LogP contribution >= 0.6 is 0 Å². The third-order valence-electron chi connectivity index (χ3n) is 3.12. The van der Waals surface area contributed by atoms with Gasteiger partial charge in [-0.25, -0.2) is 0 Å². The SMILES string of the molecule is C=C(C)CCC(N)CCCCCCCCC. The number of nitrogens with two attached hydrogens (primary N) is 1. The molecule has 16 heavy (non-hydrogen) atoms. The van der Waals surface area contributed by atoms with Crippen LogP contribution in [-0.4, -0.2) is 6.04 Å². The molecule has 1 atom stereocenters. The molecule has 0 amide bonds. The van der Waals surface area contributed by atoms with Gasteiger partial charge in [-0.05, 0) is 26.2 Å². The van der Waals surface area contributed by atoms with E-state index in [1.165, 1.54) is 56.9 Å². The zero-order valence-electron chi connectivity index (χ0n) is 11.4. The Balaban J connectivity index is 3.15. The number of rotatable bonds is 11. The Labute approximate surface area is 102 Å². The van der Waals surface area contributed by atoms with Crippen molar-refractivity contribution in [2.75, 3.05) is 0 Å². The minimum absolute atomic E-state index is 0.396. The first-order chi connectivity index (χ1) is 7.66. The van der Waals surface area contributed by atoms with Crippen molar-refractivity contribution in [2.24, 2.45) is 5.73 Å². The van der Waals surface area contributed by atoms with Gasteiger partial charge in [-0.3, -0.25) is 0 Å². The van der Waals surface area contributed by atoms with Crippen LogP contribution < -0.4 is 5.73 Å². The van der Waals surface area contributed by atoms with Crippen LogP contribution in [0.15, 0.2) is 12.2 Å². The van der Waals surface area contributed by atoms with Crippen LogP contribution in [0.4, 0.5) is 0 Å². The van der Waals surface area contributed by atoms with Gasteiger partial charge in [0.1, 0.15) is 0 Å². The van der Waals surface area contributed by atoms with E-state index >= 15 is 0 Å². The van der Waals surface area contributed by atoms with Gasteiger partial charge < -0.3 is 5.73 Å². The Morgan fingerprint density at radius 3 is 2.12 bits per heavy atom. The van der Waals surface area contributed by atoms with Gasteiger partial charge in [-0.15, -0.1) is 6.58 Å². The maximum absolute atomic E-state index is 6.04. The van der Waals surface area contributed by atoms with E-state index in [9.17, 15) is 0 Å². The molecule has 0 saturated heterocycles. The molecule has 0 fully saturated rings. The molecule has 1 unspecified atom stereocenters. The Kier molecular flexibility index (Phi) is 11.0. The molecule has 0 heterocycles. The number of hydrogen-bond acceptors (Lipinski definition) is 1. The highest BCUT2D eigenvalue weighted by Crippen LogP contribution is 2.12. The fourth-order valence-electron chi connectivity index (χ4n) is 1.94. The Morgan fingerprint density at radius 2 is 1.56 bits per heavy atom. The molecule has 1 nitrogen and oxygen atoms in total. The summed E-state index contributed by atoms with van der Waals surface area (Å²) in [5, 5.41) is 0. The standard InChI is InChI=1S/C15H31N/c1-4-5-6-7-8-9-10-11-15(16)13-12-14(2)3/h15H,2,4-13,16H2,1,3H3. The molecule has 0 saturated carbocycles. The van der Waals surface area contributed by atoms with Crippen molar-refractivity contribution in [2.45, 2.75) is 84.1 Å². The molecular formula is C15H31N. The van der Waals surface area contributed by atoms with Crippen LogP contribution in [0.2, 0.25) is 0 Å². The maximum Gasteiger partial charge on any atom is 0.00418 e. The van der Waals surface area contributed by atoms with Crippen molar-refractivity contribution >= 4 is 0 Å². The van der Waals surface area contributed by atoms with E-state index in [4.69, 9.17) is 5.73 Å². The normalized spacial score (nSPS) is 12.7. The van der Waals surface area contributed by atoms with Crippen LogP contribution in [0, 0.1) is 0 Å². The molecule has 2 N–H and O–H groups in total. The number of unbranched alkanes of at least 4 members (excludes halogenated alkanes) is 6. The highest BCUT2D eigenvalue weighted by atomic mass is 14.6. The second kappa shape index (κ2) is 11.2. The molecule has 96 valence electrons. The van der Waals surface area contributed by atoms with Gasteiger partial charge in [-0.1, -0.05) is 57.4 Å². The maximum atomic E-state index is 6.04. The van der Waals surface area contributed by atoms with E-state index in [-0.39, 0.29) is 0 Å². The van der Waals surface area contributed by atoms with Crippen molar-refractivity contribution in [3.8, 4) is 0 Å². The lowest BCUT2D eigenvalue weighted by molar-refractivity contribution is 0.509. The smallest absolute Gasteiger partial charge is 0.00418 e. The van der Waals surface area contributed by atoms with Crippen molar-refractivity contribution in [1.82, 2.24) is 0 Å². The number of allylic oxidation sites excluding steroid dienone is 1. The average molecular weight is 225 g/mol. The molecule has 0 aromatic heterocycles. The van der Waals surface area contributed by atoms with E-state index in [1.807, 2.05) is 0 Å². The van der Waals surface area contributed by atoms with E-state index in [0.29, 0.717) is 6.04 Å². The Hall–Kier alpha value is -0.300. The fourth-order valence-corrected chi connectivity index (χ4v) is 1.94. The van der Waals surface area contributed by atoms with Crippen LogP contribution in [0.1, 0.15) is 78.1 Å². The molecule has 0 aliphatic rings. The summed E-state index contributed by atoms with van der Waals surface area (Å²) in [6, 6.07) is 0.396. The summed E-state index contributed by atoms with van der Waals surface area (Å²) in [5.74, 6) is 0. The summed E-state index contributed by atoms with van der Waals surface area (Å²) in [6.45, 7) is 8.26. The monoisotopic (exact) mass is 225 g/mol. The third kappa shape index (κ3) is 11.8. The highest BCUT2D eigenvalue weighted by Gasteiger charge is 2.01. The molecule has 0 aromatic rings. The minimum Gasteiger partial charge on any atom is -0.328 e. The molecule has 0 aliphatic heterocycles. The molecule has 0 rings (SSSR count). The van der Waals surface area contributed by atoms with E-state index in [2.05, 4.69) is 20.4 Å². The van der Waals surface area contributed by atoms with Gasteiger partial charge >= 0.3 is 0 Å². The van der Waals surface area contributed by atoms with Crippen molar-refractivity contribution in [3.63, 3.8) is 0 Å². The summed E-state index contributed by atoms with van der Waals surface area (Å²) in [6.07, 6.45) is 13.0. The lowest BCUT2D eigenvalue weighted by atomic mass is 10.0. The third-order valence-corrected chi connectivity index (χ3v) is 3.12.